The van der Waals surface area contributed by atoms with Gasteiger partial charge in [-0.05, 0) is 0 Å². The standard InChI is InChI=1S/C8H5F11O3/c9-4(10,1-2(20)3(21)22)5(11,12)6(13,14)7(15,16)8(17,18)19/h2,20H,1H2,(H,21,22). The molecule has 0 heterocycles. The van der Waals surface area contributed by atoms with Gasteiger partial charge in [0.1, 0.15) is 0 Å². The number of aliphatic hydroxyl groups excluding tert-OH is 1. The second-order valence-electron chi connectivity index (χ2n) is 3.98. The Morgan fingerprint density at radius 1 is 0.773 bits per heavy atom. The van der Waals surface area contributed by atoms with Gasteiger partial charge in [0, 0.05) is 0 Å². The van der Waals surface area contributed by atoms with Crippen LogP contribution in [0.3, 0.4) is 0 Å². The molecule has 0 amide bonds. The number of carboxylic acid groups (broad SMARTS) is 1. The fourth-order valence-corrected chi connectivity index (χ4v) is 1.06. The van der Waals surface area contributed by atoms with Crippen molar-refractivity contribution in [3.05, 3.63) is 0 Å². The third kappa shape index (κ3) is 3.05. The van der Waals surface area contributed by atoms with Crippen molar-refractivity contribution in [3.8, 4) is 0 Å². The van der Waals surface area contributed by atoms with Gasteiger partial charge in [-0.3, -0.25) is 0 Å². The van der Waals surface area contributed by atoms with Crippen LogP contribution in [-0.2, 0) is 4.79 Å². The molecule has 0 radical (unpaired) electrons. The van der Waals surface area contributed by atoms with Crippen LogP contribution in [0.2, 0.25) is 0 Å². The zero-order chi connectivity index (χ0) is 18.4. The van der Waals surface area contributed by atoms with E-state index in [2.05, 4.69) is 0 Å². The number of alkyl halides is 11. The SMILES string of the molecule is O=C(O)C(O)CC(F)(F)C(F)(F)C(F)(F)C(F)(F)C(F)(F)F. The highest BCUT2D eigenvalue weighted by Crippen LogP contribution is 2.58. The van der Waals surface area contributed by atoms with Crippen LogP contribution in [0, 0.1) is 0 Å². The molecule has 0 fully saturated rings. The first-order valence-electron chi connectivity index (χ1n) is 4.82. The maximum absolute atomic E-state index is 12.9. The molecule has 132 valence electrons. The molecule has 0 saturated carbocycles. The summed E-state index contributed by atoms with van der Waals surface area (Å²) in [5, 5.41) is 16.3. The van der Waals surface area contributed by atoms with Gasteiger partial charge in [0.2, 0.25) is 0 Å². The topological polar surface area (TPSA) is 57.5 Å². The first-order valence-corrected chi connectivity index (χ1v) is 4.82. The summed E-state index contributed by atoms with van der Waals surface area (Å²) in [7, 11) is 0. The Morgan fingerprint density at radius 3 is 1.41 bits per heavy atom. The first kappa shape index (κ1) is 20.7. The van der Waals surface area contributed by atoms with Crippen molar-refractivity contribution in [1.29, 1.82) is 0 Å². The van der Waals surface area contributed by atoms with E-state index in [0.717, 1.165) is 0 Å². The van der Waals surface area contributed by atoms with Gasteiger partial charge < -0.3 is 10.2 Å². The molecule has 14 heteroatoms. The van der Waals surface area contributed by atoms with Gasteiger partial charge in [0.05, 0.1) is 6.42 Å². The fourth-order valence-electron chi connectivity index (χ4n) is 1.06. The summed E-state index contributed by atoms with van der Waals surface area (Å²) in [6, 6.07) is 0. The maximum Gasteiger partial charge on any atom is 0.460 e. The number of aliphatic hydroxyl groups is 1. The molecule has 22 heavy (non-hydrogen) atoms. The molecule has 0 aliphatic rings. The lowest BCUT2D eigenvalue weighted by Gasteiger charge is -2.37. The van der Waals surface area contributed by atoms with Crippen LogP contribution in [0.25, 0.3) is 0 Å². The van der Waals surface area contributed by atoms with Crippen LogP contribution >= 0.6 is 0 Å². The molecule has 0 saturated heterocycles. The predicted octanol–water partition coefficient (Wildman–Crippen LogP) is 2.93. The molecule has 0 rings (SSSR count). The average molecular weight is 358 g/mol. The number of rotatable bonds is 6. The van der Waals surface area contributed by atoms with Crippen LogP contribution in [0.5, 0.6) is 0 Å². The highest BCUT2D eigenvalue weighted by atomic mass is 19.4. The van der Waals surface area contributed by atoms with E-state index in [1.165, 1.54) is 0 Å². The fraction of sp³-hybridized carbons (Fsp3) is 0.875. The summed E-state index contributed by atoms with van der Waals surface area (Å²) in [6.45, 7) is 0. The number of carbonyl (C=O) groups is 1. The van der Waals surface area contributed by atoms with E-state index >= 15 is 0 Å². The van der Waals surface area contributed by atoms with E-state index in [4.69, 9.17) is 10.2 Å². The third-order valence-corrected chi connectivity index (χ3v) is 2.34. The van der Waals surface area contributed by atoms with Crippen molar-refractivity contribution in [2.24, 2.45) is 0 Å². The first-order chi connectivity index (χ1) is 9.33. The summed E-state index contributed by atoms with van der Waals surface area (Å²) in [5.74, 6) is -31.5. The minimum absolute atomic E-state index is 2.61. The summed E-state index contributed by atoms with van der Waals surface area (Å²) in [4.78, 5) is 9.97. The Hall–Kier alpha value is -1.34. The third-order valence-electron chi connectivity index (χ3n) is 2.34. The van der Waals surface area contributed by atoms with E-state index < -0.39 is 48.4 Å². The molecule has 0 bridgehead atoms. The van der Waals surface area contributed by atoms with Crippen molar-refractivity contribution >= 4 is 5.97 Å². The quantitative estimate of drug-likeness (QED) is 0.718. The molecule has 2 N–H and O–H groups in total. The van der Waals surface area contributed by atoms with Crippen LogP contribution in [0.15, 0.2) is 0 Å². The molecule has 0 aromatic carbocycles. The van der Waals surface area contributed by atoms with Crippen LogP contribution in [-0.4, -0.2) is 52.2 Å². The lowest BCUT2D eigenvalue weighted by atomic mass is 9.94. The molecule has 3 nitrogen and oxygen atoms in total. The van der Waals surface area contributed by atoms with Gasteiger partial charge in [-0.1, -0.05) is 0 Å². The number of halogens is 11. The van der Waals surface area contributed by atoms with Crippen molar-refractivity contribution in [2.75, 3.05) is 0 Å². The maximum atomic E-state index is 12.9. The summed E-state index contributed by atoms with van der Waals surface area (Å²) in [5.41, 5.74) is 0. The van der Waals surface area contributed by atoms with Crippen molar-refractivity contribution in [3.63, 3.8) is 0 Å². The Morgan fingerprint density at radius 2 is 1.14 bits per heavy atom. The molecule has 1 atom stereocenters. The molecule has 0 aromatic heterocycles. The predicted molar refractivity (Wildman–Crippen MR) is 44.1 cm³/mol. The van der Waals surface area contributed by atoms with E-state index in [0.29, 0.717) is 0 Å². The molecule has 0 aliphatic carbocycles. The molecular formula is C8H5F11O3. The second-order valence-corrected chi connectivity index (χ2v) is 3.98. The Labute approximate surface area is 113 Å². The molecule has 1 unspecified atom stereocenters. The van der Waals surface area contributed by atoms with Crippen molar-refractivity contribution in [2.45, 2.75) is 42.4 Å². The lowest BCUT2D eigenvalue weighted by molar-refractivity contribution is -0.423. The summed E-state index contributed by atoms with van der Waals surface area (Å²) < 4.78 is 137. The number of carboxylic acids is 1. The zero-order valence-corrected chi connectivity index (χ0v) is 9.74. The van der Waals surface area contributed by atoms with Gasteiger partial charge in [-0.15, -0.1) is 0 Å². The van der Waals surface area contributed by atoms with Crippen LogP contribution in [0.1, 0.15) is 6.42 Å². The van der Waals surface area contributed by atoms with E-state index in [1.54, 1.807) is 0 Å². The van der Waals surface area contributed by atoms with E-state index in [9.17, 15) is 53.1 Å². The average Bonchev–Trinajstić information content (AvgIpc) is 2.25. The monoisotopic (exact) mass is 358 g/mol. The van der Waals surface area contributed by atoms with Gasteiger partial charge in [-0.25, -0.2) is 4.79 Å². The van der Waals surface area contributed by atoms with E-state index in [-0.39, 0.29) is 0 Å². The summed E-state index contributed by atoms with van der Waals surface area (Å²) in [6.07, 6.45) is -13.7. The Kier molecular flexibility index (Phi) is 5.06. The summed E-state index contributed by atoms with van der Waals surface area (Å²) >= 11 is 0. The lowest BCUT2D eigenvalue weighted by Crippen LogP contribution is -2.66. The number of hydrogen-bond acceptors (Lipinski definition) is 2. The van der Waals surface area contributed by atoms with Crippen LogP contribution < -0.4 is 0 Å². The molecule has 0 spiro atoms. The van der Waals surface area contributed by atoms with Gasteiger partial charge >= 0.3 is 35.8 Å². The highest BCUT2D eigenvalue weighted by Gasteiger charge is 2.87. The van der Waals surface area contributed by atoms with Crippen molar-refractivity contribution < 1.29 is 63.3 Å². The molecule has 0 aliphatic heterocycles. The highest BCUT2D eigenvalue weighted by molar-refractivity contribution is 5.72. The number of hydrogen-bond donors (Lipinski definition) is 2. The van der Waals surface area contributed by atoms with Gasteiger partial charge in [-0.2, -0.15) is 48.3 Å². The van der Waals surface area contributed by atoms with Gasteiger partial charge in [0.15, 0.2) is 6.10 Å². The minimum Gasteiger partial charge on any atom is -0.479 e. The normalized spacial score (nSPS) is 16.5. The van der Waals surface area contributed by atoms with E-state index in [1.807, 2.05) is 0 Å². The van der Waals surface area contributed by atoms with Crippen LogP contribution in [0.4, 0.5) is 48.3 Å². The Balaban J connectivity index is 5.84. The van der Waals surface area contributed by atoms with Gasteiger partial charge in [0.25, 0.3) is 0 Å². The van der Waals surface area contributed by atoms with Crippen molar-refractivity contribution in [1.82, 2.24) is 0 Å². The molecule has 0 aromatic rings. The zero-order valence-electron chi connectivity index (χ0n) is 9.74. The smallest absolute Gasteiger partial charge is 0.460 e. The largest absolute Gasteiger partial charge is 0.479 e. The molecular weight excluding hydrogens is 353 g/mol. The minimum atomic E-state index is -7.61. The number of aliphatic carboxylic acids is 1. The Bertz CT molecular complexity index is 428. The second kappa shape index (κ2) is 5.38.